The summed E-state index contributed by atoms with van der Waals surface area (Å²) in [5, 5.41) is 7.72. The summed E-state index contributed by atoms with van der Waals surface area (Å²) in [6.07, 6.45) is 47.5. The minimum atomic E-state index is -0.745. The van der Waals surface area contributed by atoms with Crippen molar-refractivity contribution in [3.63, 3.8) is 0 Å². The number of aliphatic carboxylic acids is 1. The number of carboxylic acids is 1. The molecule has 0 aromatic heterocycles. The summed E-state index contributed by atoms with van der Waals surface area (Å²) in [7, 11) is 0.770. The minimum absolute atomic E-state index is 0. The molecule has 6 rings (SSSR count). The first-order chi connectivity index (χ1) is 21.2. The van der Waals surface area contributed by atoms with Gasteiger partial charge in [-0.1, -0.05) is 138 Å². The second-order valence-electron chi connectivity index (χ2n) is 15.4. The van der Waals surface area contributed by atoms with Gasteiger partial charge in [0.1, 0.15) is 0 Å². The first-order valence-corrected chi connectivity index (χ1v) is 23.0. The van der Waals surface area contributed by atoms with Crippen LogP contribution in [0.5, 0.6) is 0 Å². The monoisotopic (exact) mass is 736 g/mol. The van der Waals surface area contributed by atoms with Gasteiger partial charge in [-0.15, -0.1) is 0 Å². The van der Waals surface area contributed by atoms with E-state index in [0.717, 1.165) is 0 Å². The second-order valence-corrected chi connectivity index (χ2v) is 21.6. The zero-order chi connectivity index (χ0) is 30.1. The average Bonchev–Trinajstić information content (AvgIpc) is 3.09. The van der Waals surface area contributed by atoms with E-state index in [9.17, 15) is 4.79 Å². The van der Waals surface area contributed by atoms with Crippen LogP contribution in [0.4, 0.5) is 0 Å². The molecule has 6 aliphatic rings. The van der Waals surface area contributed by atoms with E-state index < -0.39 is 5.97 Å². The Labute approximate surface area is 289 Å². The van der Waals surface area contributed by atoms with E-state index in [2.05, 4.69) is 0 Å². The van der Waals surface area contributed by atoms with Crippen molar-refractivity contribution in [2.75, 3.05) is 0 Å². The van der Waals surface area contributed by atoms with Gasteiger partial charge in [-0.2, -0.15) is 0 Å². The topological polar surface area (TPSA) is 37.3 Å². The van der Waals surface area contributed by atoms with Gasteiger partial charge in [-0.25, -0.2) is 0 Å². The fourth-order valence-corrected chi connectivity index (χ4v) is 19.4. The smallest absolute Gasteiger partial charge is 0.303 e. The molecule has 0 bridgehead atoms. The zero-order valence-electron chi connectivity index (χ0n) is 29.0. The fourth-order valence-electron chi connectivity index (χ4n) is 10.1. The quantitative estimate of drug-likeness (QED) is 0.209. The molecule has 0 spiro atoms. The SMILES string of the molecule is C1CCC(P(C2CCCCC2)C2CCCCC2)CC1.C1CCC(P(C2CCCCC2)C2CCCCC2)CC1.CCC(=O)O.[Ru]. The molecule has 0 heterocycles. The van der Waals surface area contributed by atoms with Gasteiger partial charge in [0.25, 0.3) is 0 Å². The van der Waals surface area contributed by atoms with E-state index in [1.807, 2.05) is 0 Å². The molecular formula is C39H72O2P2Ru. The van der Waals surface area contributed by atoms with Crippen LogP contribution < -0.4 is 0 Å². The molecule has 6 saturated carbocycles. The van der Waals surface area contributed by atoms with Crippen LogP contribution in [-0.2, 0) is 24.3 Å². The van der Waals surface area contributed by atoms with Gasteiger partial charge in [-0.05, 0) is 111 Å². The van der Waals surface area contributed by atoms with Crippen molar-refractivity contribution >= 4 is 21.8 Å². The molecular weight excluding hydrogens is 663 g/mol. The van der Waals surface area contributed by atoms with Crippen molar-refractivity contribution in [3.05, 3.63) is 0 Å². The number of rotatable bonds is 7. The predicted molar refractivity (Wildman–Crippen MR) is 193 cm³/mol. The van der Waals surface area contributed by atoms with Crippen molar-refractivity contribution in [3.8, 4) is 0 Å². The molecule has 258 valence electrons. The van der Waals surface area contributed by atoms with E-state index in [0.29, 0.717) is 15.8 Å². The standard InChI is InChI=1S/2C18H33P.C3H6O2.Ru/c2*1-4-10-16(11-5-1)19(17-12-6-2-7-13-17)18-14-8-3-9-15-18;1-2-3(4)5;/h2*16-18H,1-15H2;2H2,1H3,(H,4,5);. The molecule has 6 aliphatic carbocycles. The van der Waals surface area contributed by atoms with E-state index in [4.69, 9.17) is 5.11 Å². The van der Waals surface area contributed by atoms with Gasteiger partial charge < -0.3 is 5.11 Å². The molecule has 0 atom stereocenters. The predicted octanol–water partition coefficient (Wildman–Crippen LogP) is 13.4. The molecule has 2 nitrogen and oxygen atoms in total. The van der Waals surface area contributed by atoms with Crippen molar-refractivity contribution in [1.29, 1.82) is 0 Å². The van der Waals surface area contributed by atoms with Crippen LogP contribution >= 0.6 is 15.8 Å². The van der Waals surface area contributed by atoms with Gasteiger partial charge >= 0.3 is 5.97 Å². The molecule has 0 amide bonds. The van der Waals surface area contributed by atoms with Crippen molar-refractivity contribution in [2.45, 2.75) is 240 Å². The summed E-state index contributed by atoms with van der Waals surface area (Å²) in [4.78, 5) is 9.37. The van der Waals surface area contributed by atoms with Crippen LogP contribution in [0, 0.1) is 0 Å². The molecule has 0 aromatic rings. The molecule has 0 aromatic carbocycles. The van der Waals surface area contributed by atoms with Crippen molar-refractivity contribution < 1.29 is 29.4 Å². The molecule has 0 radical (unpaired) electrons. The van der Waals surface area contributed by atoms with Gasteiger partial charge in [0.15, 0.2) is 0 Å². The third-order valence-electron chi connectivity index (χ3n) is 12.3. The summed E-state index contributed by atoms with van der Waals surface area (Å²) < 4.78 is 0. The molecule has 5 heteroatoms. The first kappa shape index (κ1) is 39.4. The van der Waals surface area contributed by atoms with Crippen LogP contribution in [-0.4, -0.2) is 45.0 Å². The third kappa shape index (κ3) is 13.5. The number of hydrogen-bond acceptors (Lipinski definition) is 1. The third-order valence-corrected chi connectivity index (χ3v) is 20.4. The van der Waals surface area contributed by atoms with Gasteiger partial charge in [0.05, 0.1) is 0 Å². The number of hydrogen-bond donors (Lipinski definition) is 1. The fraction of sp³-hybridized carbons (Fsp3) is 0.974. The average molecular weight is 736 g/mol. The zero-order valence-corrected chi connectivity index (χ0v) is 32.5. The van der Waals surface area contributed by atoms with Gasteiger partial charge in [-0.3, -0.25) is 4.79 Å². The Morgan fingerprint density at radius 1 is 0.409 bits per heavy atom. The largest absolute Gasteiger partial charge is 0.481 e. The number of carboxylic acid groups (broad SMARTS) is 1. The van der Waals surface area contributed by atoms with Crippen LogP contribution in [0.3, 0.4) is 0 Å². The summed E-state index contributed by atoms with van der Waals surface area (Å²) in [5.41, 5.74) is 7.14. The van der Waals surface area contributed by atoms with Crippen LogP contribution in [0.1, 0.15) is 206 Å². The van der Waals surface area contributed by atoms with Crippen LogP contribution in [0.15, 0.2) is 0 Å². The molecule has 6 fully saturated rings. The van der Waals surface area contributed by atoms with Crippen molar-refractivity contribution in [1.82, 2.24) is 0 Å². The Balaban J connectivity index is 0.000000205. The summed E-state index contributed by atoms with van der Waals surface area (Å²) in [5.74, 6) is -0.745. The number of carbonyl (C=O) groups is 1. The Hall–Kier alpha value is 0.953. The molecule has 0 aliphatic heterocycles. The Morgan fingerprint density at radius 2 is 0.545 bits per heavy atom. The first-order valence-electron chi connectivity index (χ1n) is 19.9. The summed E-state index contributed by atoms with van der Waals surface area (Å²) in [6.45, 7) is 1.60. The van der Waals surface area contributed by atoms with E-state index >= 15 is 0 Å². The van der Waals surface area contributed by atoms with Gasteiger partial charge in [0, 0.05) is 25.9 Å². The van der Waals surface area contributed by atoms with Crippen LogP contribution in [0.2, 0.25) is 0 Å². The van der Waals surface area contributed by atoms with E-state index in [1.54, 1.807) is 161 Å². The molecule has 1 N–H and O–H groups in total. The Kier molecular flexibility index (Phi) is 20.9. The normalized spacial score (nSPS) is 25.8. The molecule has 44 heavy (non-hydrogen) atoms. The van der Waals surface area contributed by atoms with E-state index in [1.165, 1.54) is 72.5 Å². The Morgan fingerprint density at radius 3 is 0.659 bits per heavy atom. The Bertz CT molecular complexity index is 574. The summed E-state index contributed by atoms with van der Waals surface area (Å²) in [6, 6.07) is 0. The maximum atomic E-state index is 9.37. The van der Waals surface area contributed by atoms with Crippen molar-refractivity contribution in [2.24, 2.45) is 0 Å². The minimum Gasteiger partial charge on any atom is -0.481 e. The van der Waals surface area contributed by atoms with E-state index in [-0.39, 0.29) is 25.9 Å². The second kappa shape index (κ2) is 23.3. The van der Waals surface area contributed by atoms with Crippen LogP contribution in [0.25, 0.3) is 0 Å². The molecule has 0 unspecified atom stereocenters. The van der Waals surface area contributed by atoms with Gasteiger partial charge in [0.2, 0.25) is 0 Å². The summed E-state index contributed by atoms with van der Waals surface area (Å²) >= 11 is 0. The maximum Gasteiger partial charge on any atom is 0.303 e. The molecule has 0 saturated heterocycles. The maximum absolute atomic E-state index is 9.37.